The van der Waals surface area contributed by atoms with Gasteiger partial charge in [0.15, 0.2) is 0 Å². The molecule has 1 aliphatic rings. The maximum atomic E-state index is 4.49. The third-order valence-corrected chi connectivity index (χ3v) is 5.30. The maximum absolute atomic E-state index is 4.49. The van der Waals surface area contributed by atoms with Crippen molar-refractivity contribution < 1.29 is 0 Å². The van der Waals surface area contributed by atoms with Gasteiger partial charge in [0.25, 0.3) is 0 Å². The van der Waals surface area contributed by atoms with Crippen LogP contribution >= 0.6 is 24.4 Å². The van der Waals surface area contributed by atoms with Crippen LogP contribution in [0.3, 0.4) is 0 Å². The number of hydrogen-bond acceptors (Lipinski definition) is 2. The molecule has 0 N–H and O–H groups in total. The lowest BCUT2D eigenvalue weighted by molar-refractivity contribution is 0.205. The van der Waals surface area contributed by atoms with Crippen LogP contribution in [0.2, 0.25) is 0 Å². The fourth-order valence-corrected chi connectivity index (χ4v) is 3.85. The van der Waals surface area contributed by atoms with E-state index in [0.29, 0.717) is 5.41 Å². The van der Waals surface area contributed by atoms with Gasteiger partial charge < -0.3 is 0 Å². The number of rotatable bonds is 4. The van der Waals surface area contributed by atoms with E-state index in [1.807, 2.05) is 11.8 Å². The van der Waals surface area contributed by atoms with E-state index in [2.05, 4.69) is 43.8 Å². The van der Waals surface area contributed by atoms with Gasteiger partial charge in [-0.1, -0.05) is 24.1 Å². The van der Waals surface area contributed by atoms with Crippen molar-refractivity contribution >= 4 is 24.4 Å². The number of thioether (sulfide) groups is 1. The molecular weight excluding hydrogens is 220 g/mol. The van der Waals surface area contributed by atoms with Crippen molar-refractivity contribution in [3.8, 4) is 0 Å². The molecule has 0 unspecified atom stereocenters. The van der Waals surface area contributed by atoms with Crippen molar-refractivity contribution in [1.82, 2.24) is 0 Å². The summed E-state index contributed by atoms with van der Waals surface area (Å²) >= 11 is 6.48. The van der Waals surface area contributed by atoms with Gasteiger partial charge in [0.05, 0.1) is 0 Å². The Hall–Kier alpha value is -0.0800. The average Bonchev–Trinajstić information content (AvgIpc) is 2.17. The Bertz CT molecular complexity index is 324. The van der Waals surface area contributed by atoms with Crippen LogP contribution in [-0.2, 0) is 0 Å². The SMILES string of the molecule is Cc1cccc(SCC2(CS)CCC2)c1. The molecule has 15 heavy (non-hydrogen) atoms. The maximum Gasteiger partial charge on any atom is 0.00747 e. The van der Waals surface area contributed by atoms with Gasteiger partial charge in [0, 0.05) is 10.6 Å². The summed E-state index contributed by atoms with van der Waals surface area (Å²) in [4.78, 5) is 1.41. The van der Waals surface area contributed by atoms with Crippen LogP contribution in [0.4, 0.5) is 0 Å². The predicted molar refractivity (Wildman–Crippen MR) is 72.0 cm³/mol. The topological polar surface area (TPSA) is 0 Å². The second-order valence-corrected chi connectivity index (χ2v) is 5.98. The Morgan fingerprint density at radius 3 is 2.73 bits per heavy atom. The molecule has 0 aliphatic heterocycles. The number of thiol groups is 1. The zero-order chi connectivity index (χ0) is 10.7. The summed E-state index contributed by atoms with van der Waals surface area (Å²) in [6.07, 6.45) is 4.14. The van der Waals surface area contributed by atoms with Crippen molar-refractivity contribution in [3.63, 3.8) is 0 Å². The van der Waals surface area contributed by atoms with E-state index in [9.17, 15) is 0 Å². The second kappa shape index (κ2) is 4.84. The summed E-state index contributed by atoms with van der Waals surface area (Å²) in [6.45, 7) is 2.15. The molecule has 0 heterocycles. The van der Waals surface area contributed by atoms with Crippen LogP contribution in [0.5, 0.6) is 0 Å². The molecule has 0 saturated heterocycles. The minimum atomic E-state index is 0.539. The van der Waals surface area contributed by atoms with Gasteiger partial charge in [-0.05, 0) is 43.1 Å². The molecule has 0 aromatic heterocycles. The Balaban J connectivity index is 1.92. The summed E-state index contributed by atoms with van der Waals surface area (Å²) in [6, 6.07) is 8.78. The van der Waals surface area contributed by atoms with Gasteiger partial charge in [-0.15, -0.1) is 11.8 Å². The first-order valence-electron chi connectivity index (χ1n) is 5.54. The van der Waals surface area contributed by atoms with E-state index < -0.39 is 0 Å². The van der Waals surface area contributed by atoms with Crippen LogP contribution in [-0.4, -0.2) is 11.5 Å². The summed E-state index contributed by atoms with van der Waals surface area (Å²) in [5.74, 6) is 2.28. The molecule has 1 saturated carbocycles. The Morgan fingerprint density at radius 1 is 1.40 bits per heavy atom. The number of benzene rings is 1. The van der Waals surface area contributed by atoms with E-state index in [-0.39, 0.29) is 0 Å². The minimum absolute atomic E-state index is 0.539. The molecule has 0 nitrogen and oxygen atoms in total. The first kappa shape index (κ1) is 11.4. The molecule has 0 amide bonds. The minimum Gasteiger partial charge on any atom is -0.179 e. The Labute approximate surface area is 102 Å². The first-order valence-corrected chi connectivity index (χ1v) is 7.16. The van der Waals surface area contributed by atoms with Gasteiger partial charge in [-0.2, -0.15) is 12.6 Å². The summed E-state index contributed by atoms with van der Waals surface area (Å²) in [7, 11) is 0. The standard InChI is InChI=1S/C13H18S2/c1-11-4-2-5-12(8-11)15-10-13(9-14)6-3-7-13/h2,4-5,8,14H,3,6-7,9-10H2,1H3. The zero-order valence-corrected chi connectivity index (χ0v) is 10.9. The molecule has 1 aliphatic carbocycles. The second-order valence-electron chi connectivity index (χ2n) is 4.62. The molecule has 2 rings (SSSR count). The predicted octanol–water partition coefficient (Wildman–Crippen LogP) is 4.19. The van der Waals surface area contributed by atoms with Gasteiger partial charge in [-0.3, -0.25) is 0 Å². The van der Waals surface area contributed by atoms with E-state index in [1.165, 1.54) is 35.5 Å². The summed E-state index contributed by atoms with van der Waals surface area (Å²) in [5, 5.41) is 0. The van der Waals surface area contributed by atoms with Crippen LogP contribution in [0.25, 0.3) is 0 Å². The van der Waals surface area contributed by atoms with Crippen molar-refractivity contribution in [2.24, 2.45) is 5.41 Å². The van der Waals surface area contributed by atoms with E-state index in [1.54, 1.807) is 0 Å². The highest BCUT2D eigenvalue weighted by atomic mass is 32.2. The molecule has 1 aromatic carbocycles. The Morgan fingerprint density at radius 2 is 2.20 bits per heavy atom. The van der Waals surface area contributed by atoms with E-state index in [0.717, 1.165) is 5.75 Å². The normalized spacial score (nSPS) is 18.5. The largest absolute Gasteiger partial charge is 0.179 e. The monoisotopic (exact) mass is 238 g/mol. The van der Waals surface area contributed by atoms with E-state index in [4.69, 9.17) is 0 Å². The molecule has 1 fully saturated rings. The lowest BCUT2D eigenvalue weighted by atomic mass is 9.72. The summed E-state index contributed by atoms with van der Waals surface area (Å²) in [5.41, 5.74) is 1.89. The average molecular weight is 238 g/mol. The molecule has 2 heteroatoms. The first-order chi connectivity index (χ1) is 7.24. The third-order valence-electron chi connectivity index (χ3n) is 3.28. The molecule has 1 aromatic rings. The zero-order valence-electron chi connectivity index (χ0n) is 9.20. The highest BCUT2D eigenvalue weighted by molar-refractivity contribution is 7.99. The van der Waals surface area contributed by atoms with Crippen LogP contribution < -0.4 is 0 Å². The van der Waals surface area contributed by atoms with Gasteiger partial charge in [0.1, 0.15) is 0 Å². The van der Waals surface area contributed by atoms with Crippen LogP contribution in [0, 0.1) is 12.3 Å². The van der Waals surface area contributed by atoms with E-state index >= 15 is 0 Å². The van der Waals surface area contributed by atoms with Crippen LogP contribution in [0.1, 0.15) is 24.8 Å². The molecular formula is C13H18S2. The lowest BCUT2D eigenvalue weighted by Gasteiger charge is -2.40. The van der Waals surface area contributed by atoms with Crippen molar-refractivity contribution in [2.75, 3.05) is 11.5 Å². The number of hydrogen-bond donors (Lipinski definition) is 1. The highest BCUT2D eigenvalue weighted by Crippen LogP contribution is 2.45. The quantitative estimate of drug-likeness (QED) is 0.606. The Kier molecular flexibility index (Phi) is 3.68. The van der Waals surface area contributed by atoms with Gasteiger partial charge in [0.2, 0.25) is 0 Å². The fraction of sp³-hybridized carbons (Fsp3) is 0.538. The fourth-order valence-electron chi connectivity index (χ4n) is 1.97. The molecule has 82 valence electrons. The van der Waals surface area contributed by atoms with Crippen molar-refractivity contribution in [1.29, 1.82) is 0 Å². The molecule has 0 atom stereocenters. The van der Waals surface area contributed by atoms with Gasteiger partial charge in [-0.25, -0.2) is 0 Å². The highest BCUT2D eigenvalue weighted by Gasteiger charge is 2.35. The smallest absolute Gasteiger partial charge is 0.00747 e. The van der Waals surface area contributed by atoms with Crippen LogP contribution in [0.15, 0.2) is 29.2 Å². The van der Waals surface area contributed by atoms with Gasteiger partial charge >= 0.3 is 0 Å². The lowest BCUT2D eigenvalue weighted by Crippen LogP contribution is -2.33. The molecule has 0 spiro atoms. The number of aryl methyl sites for hydroxylation is 1. The summed E-state index contributed by atoms with van der Waals surface area (Å²) < 4.78 is 0. The molecule has 0 bridgehead atoms. The van der Waals surface area contributed by atoms with Crippen molar-refractivity contribution in [3.05, 3.63) is 29.8 Å². The molecule has 0 radical (unpaired) electrons. The third kappa shape index (κ3) is 2.73. The van der Waals surface area contributed by atoms with Crippen molar-refractivity contribution in [2.45, 2.75) is 31.1 Å².